The fourth-order valence-electron chi connectivity index (χ4n) is 3.89. The number of amides is 1. The third kappa shape index (κ3) is 2.22. The Hall–Kier alpha value is -2.60. The first-order chi connectivity index (χ1) is 11.8. The molecule has 3 aromatic rings. The molecule has 0 radical (unpaired) electrons. The Morgan fingerprint density at radius 1 is 1.29 bits per heavy atom. The summed E-state index contributed by atoms with van der Waals surface area (Å²) in [6.07, 6.45) is 8.84. The topological polar surface area (TPSA) is 72.1 Å². The molecule has 0 unspecified atom stereocenters. The van der Waals surface area contributed by atoms with E-state index in [-0.39, 0.29) is 11.9 Å². The quantitative estimate of drug-likeness (QED) is 0.776. The maximum absolute atomic E-state index is 12.5. The van der Waals surface area contributed by atoms with Crippen molar-refractivity contribution in [3.05, 3.63) is 48.5 Å². The van der Waals surface area contributed by atoms with Gasteiger partial charge in [0.05, 0.1) is 6.20 Å². The van der Waals surface area contributed by atoms with Crippen LogP contribution < -0.4 is 10.6 Å². The lowest BCUT2D eigenvalue weighted by atomic mass is 9.95. The predicted octanol–water partition coefficient (Wildman–Crippen LogP) is 2.24. The van der Waals surface area contributed by atoms with Crippen LogP contribution in [0.1, 0.15) is 29.8 Å². The average molecular weight is 322 g/mol. The Bertz CT molecular complexity index is 899. The Labute approximate surface area is 138 Å². The third-order valence-corrected chi connectivity index (χ3v) is 5.10. The molecule has 3 aromatic heterocycles. The standard InChI is InChI=1S/C18H18N4O2/c23-18(21-14-9-12-3-4-13(14)20-12)15-7-11-8-17(22-5-1-2-6-22)24-16(11)10-19-15/h1-2,5-8,10,12-14,20H,3-4,9H2,(H,21,23)/t12-,13+,14-/m1/s1. The zero-order chi connectivity index (χ0) is 16.1. The van der Waals surface area contributed by atoms with Gasteiger partial charge in [0.1, 0.15) is 5.69 Å². The Balaban J connectivity index is 1.39. The molecule has 3 atom stereocenters. The summed E-state index contributed by atoms with van der Waals surface area (Å²) in [4.78, 5) is 16.8. The summed E-state index contributed by atoms with van der Waals surface area (Å²) in [6.45, 7) is 0. The van der Waals surface area contributed by atoms with Gasteiger partial charge in [0, 0.05) is 42.0 Å². The first-order valence-electron chi connectivity index (χ1n) is 8.36. The molecule has 2 saturated heterocycles. The van der Waals surface area contributed by atoms with Gasteiger partial charge >= 0.3 is 0 Å². The summed E-state index contributed by atoms with van der Waals surface area (Å²) < 4.78 is 7.67. The maximum Gasteiger partial charge on any atom is 0.270 e. The molecule has 5 heterocycles. The molecule has 5 rings (SSSR count). The van der Waals surface area contributed by atoms with Crippen molar-refractivity contribution >= 4 is 16.9 Å². The van der Waals surface area contributed by atoms with Gasteiger partial charge in [-0.2, -0.15) is 0 Å². The van der Waals surface area contributed by atoms with Crippen LogP contribution in [-0.4, -0.2) is 33.6 Å². The molecular weight excluding hydrogens is 304 g/mol. The molecule has 6 nitrogen and oxygen atoms in total. The highest BCUT2D eigenvalue weighted by atomic mass is 16.4. The van der Waals surface area contributed by atoms with Gasteiger partial charge in [-0.15, -0.1) is 0 Å². The zero-order valence-electron chi connectivity index (χ0n) is 13.1. The lowest BCUT2D eigenvalue weighted by Gasteiger charge is -2.21. The van der Waals surface area contributed by atoms with E-state index in [0.717, 1.165) is 18.2 Å². The van der Waals surface area contributed by atoms with Crippen LogP contribution in [0.25, 0.3) is 16.9 Å². The summed E-state index contributed by atoms with van der Waals surface area (Å²) in [5, 5.41) is 7.54. The van der Waals surface area contributed by atoms with Crippen molar-refractivity contribution in [2.45, 2.75) is 37.4 Å². The summed E-state index contributed by atoms with van der Waals surface area (Å²) in [7, 11) is 0. The van der Waals surface area contributed by atoms with Gasteiger partial charge in [0.25, 0.3) is 5.91 Å². The van der Waals surface area contributed by atoms with Gasteiger partial charge in [-0.1, -0.05) is 0 Å². The smallest absolute Gasteiger partial charge is 0.270 e. The fraction of sp³-hybridized carbons (Fsp3) is 0.333. The van der Waals surface area contributed by atoms with E-state index in [4.69, 9.17) is 4.42 Å². The molecule has 0 saturated carbocycles. The molecular formula is C18H18N4O2. The number of furan rings is 1. The van der Waals surface area contributed by atoms with E-state index in [9.17, 15) is 4.79 Å². The monoisotopic (exact) mass is 322 g/mol. The van der Waals surface area contributed by atoms with Crippen molar-refractivity contribution in [1.29, 1.82) is 0 Å². The SMILES string of the molecule is O=C(N[C@@H]1C[C@H]2CC[C@@H]1N2)c1cc2cc(-n3cccc3)oc2cn1. The average Bonchev–Trinajstić information content (AvgIpc) is 3.35. The number of hydrogen-bond acceptors (Lipinski definition) is 4. The molecule has 122 valence electrons. The first-order valence-corrected chi connectivity index (χ1v) is 8.36. The van der Waals surface area contributed by atoms with E-state index in [1.54, 1.807) is 12.3 Å². The molecule has 2 aliphatic rings. The Morgan fingerprint density at radius 2 is 2.17 bits per heavy atom. The number of carbonyl (C=O) groups is 1. The minimum atomic E-state index is -0.111. The molecule has 24 heavy (non-hydrogen) atoms. The largest absolute Gasteiger partial charge is 0.438 e. The highest BCUT2D eigenvalue weighted by Crippen LogP contribution is 2.28. The summed E-state index contributed by atoms with van der Waals surface area (Å²) in [5.41, 5.74) is 1.11. The van der Waals surface area contributed by atoms with E-state index in [0.29, 0.717) is 29.2 Å². The number of nitrogens with zero attached hydrogens (tertiary/aromatic N) is 2. The van der Waals surface area contributed by atoms with Crippen molar-refractivity contribution in [2.75, 3.05) is 0 Å². The van der Waals surface area contributed by atoms with Gasteiger partial charge in [0.15, 0.2) is 5.58 Å². The number of carbonyl (C=O) groups excluding carboxylic acids is 1. The molecule has 0 aliphatic carbocycles. The maximum atomic E-state index is 12.5. The predicted molar refractivity (Wildman–Crippen MR) is 89.2 cm³/mol. The molecule has 0 spiro atoms. The fourth-order valence-corrected chi connectivity index (χ4v) is 3.89. The number of hydrogen-bond donors (Lipinski definition) is 2. The molecule has 1 amide bonds. The zero-order valence-corrected chi connectivity index (χ0v) is 13.1. The molecule has 2 N–H and O–H groups in total. The number of fused-ring (bicyclic) bond motifs is 3. The van der Waals surface area contributed by atoms with Crippen LogP contribution in [0.3, 0.4) is 0 Å². The second-order valence-electron chi connectivity index (χ2n) is 6.65. The number of rotatable bonds is 3. The van der Waals surface area contributed by atoms with Crippen LogP contribution in [0.4, 0.5) is 0 Å². The van der Waals surface area contributed by atoms with Gasteiger partial charge in [0.2, 0.25) is 5.88 Å². The van der Waals surface area contributed by atoms with Crippen molar-refractivity contribution in [3.8, 4) is 5.88 Å². The molecule has 2 aliphatic heterocycles. The molecule has 0 aromatic carbocycles. The van der Waals surface area contributed by atoms with Gasteiger partial charge < -0.3 is 15.1 Å². The molecule has 2 fully saturated rings. The highest BCUT2D eigenvalue weighted by molar-refractivity contribution is 5.96. The van der Waals surface area contributed by atoms with Gasteiger partial charge in [-0.3, -0.25) is 9.36 Å². The van der Waals surface area contributed by atoms with E-state index in [2.05, 4.69) is 15.6 Å². The number of nitrogens with one attached hydrogen (secondary N) is 2. The van der Waals surface area contributed by atoms with E-state index in [1.807, 2.05) is 35.2 Å². The van der Waals surface area contributed by atoms with Crippen LogP contribution in [0, 0.1) is 0 Å². The lowest BCUT2D eigenvalue weighted by molar-refractivity contribution is 0.0926. The van der Waals surface area contributed by atoms with Crippen molar-refractivity contribution < 1.29 is 9.21 Å². The van der Waals surface area contributed by atoms with Crippen LogP contribution >= 0.6 is 0 Å². The van der Waals surface area contributed by atoms with Crippen molar-refractivity contribution in [3.63, 3.8) is 0 Å². The third-order valence-electron chi connectivity index (χ3n) is 5.10. The van der Waals surface area contributed by atoms with Crippen LogP contribution in [-0.2, 0) is 0 Å². The van der Waals surface area contributed by atoms with Crippen LogP contribution in [0.5, 0.6) is 0 Å². The van der Waals surface area contributed by atoms with E-state index in [1.165, 1.54) is 6.42 Å². The second-order valence-corrected chi connectivity index (χ2v) is 6.65. The van der Waals surface area contributed by atoms with E-state index < -0.39 is 0 Å². The van der Waals surface area contributed by atoms with E-state index >= 15 is 0 Å². The number of aromatic nitrogens is 2. The summed E-state index contributed by atoms with van der Waals surface area (Å²) in [5.74, 6) is 0.603. The van der Waals surface area contributed by atoms with Crippen LogP contribution in [0.15, 0.2) is 47.3 Å². The first kappa shape index (κ1) is 13.8. The van der Waals surface area contributed by atoms with Crippen molar-refractivity contribution in [1.82, 2.24) is 20.2 Å². The minimum Gasteiger partial charge on any atom is -0.438 e. The normalized spacial score (nSPS) is 25.4. The molecule has 2 bridgehead atoms. The van der Waals surface area contributed by atoms with Crippen molar-refractivity contribution in [2.24, 2.45) is 0 Å². The van der Waals surface area contributed by atoms with Gasteiger partial charge in [-0.25, -0.2) is 4.98 Å². The van der Waals surface area contributed by atoms with Crippen LogP contribution in [0.2, 0.25) is 0 Å². The number of pyridine rings is 1. The highest BCUT2D eigenvalue weighted by Gasteiger charge is 2.39. The van der Waals surface area contributed by atoms with Gasteiger partial charge in [-0.05, 0) is 37.5 Å². The second kappa shape index (κ2) is 5.21. The molecule has 6 heteroatoms. The Morgan fingerprint density at radius 3 is 2.92 bits per heavy atom. The minimum absolute atomic E-state index is 0.111. The summed E-state index contributed by atoms with van der Waals surface area (Å²) >= 11 is 0. The Kier molecular flexibility index (Phi) is 2.99. The summed E-state index contributed by atoms with van der Waals surface area (Å²) in [6, 6.07) is 8.79. The lowest BCUT2D eigenvalue weighted by Crippen LogP contribution is -2.43.